The number of halogens is 2. The smallest absolute Gasteiger partial charge is 0.280 e. The highest BCUT2D eigenvalue weighted by molar-refractivity contribution is 5.54. The lowest BCUT2D eigenvalue weighted by Gasteiger charge is -2.06. The first-order valence-electron chi connectivity index (χ1n) is 3.94. The SMILES string of the molecule is N#CCc1c(N)cc(C(F)F)nc1C#N. The number of nitriles is 2. The lowest BCUT2D eigenvalue weighted by atomic mass is 10.1. The largest absolute Gasteiger partial charge is 0.398 e. The second-order valence-electron chi connectivity index (χ2n) is 2.71. The quantitative estimate of drug-likeness (QED) is 0.798. The Hall–Kier alpha value is -2.21. The second-order valence-corrected chi connectivity index (χ2v) is 2.71. The highest BCUT2D eigenvalue weighted by Gasteiger charge is 2.15. The molecule has 0 atom stereocenters. The Bertz CT molecular complexity index is 456. The normalized spacial score (nSPS) is 9.67. The summed E-state index contributed by atoms with van der Waals surface area (Å²) in [4.78, 5) is 3.43. The molecule has 0 fully saturated rings. The Balaban J connectivity index is 3.33. The molecule has 6 heteroatoms. The Morgan fingerprint density at radius 3 is 2.60 bits per heavy atom. The summed E-state index contributed by atoms with van der Waals surface area (Å²) in [6.07, 6.45) is -2.90. The molecule has 0 aliphatic rings. The molecule has 1 aromatic heterocycles. The summed E-state index contributed by atoms with van der Waals surface area (Å²) in [6.45, 7) is 0. The minimum absolute atomic E-state index is 0.00148. The van der Waals surface area contributed by atoms with E-state index in [-0.39, 0.29) is 23.4 Å². The molecule has 76 valence electrons. The first kappa shape index (κ1) is 10.9. The van der Waals surface area contributed by atoms with Gasteiger partial charge in [0.25, 0.3) is 6.43 Å². The van der Waals surface area contributed by atoms with E-state index in [0.29, 0.717) is 0 Å². The number of hydrogen-bond acceptors (Lipinski definition) is 4. The van der Waals surface area contributed by atoms with Crippen LogP contribution in [0.3, 0.4) is 0 Å². The fourth-order valence-corrected chi connectivity index (χ4v) is 1.08. The van der Waals surface area contributed by atoms with Crippen molar-refractivity contribution in [2.75, 3.05) is 5.73 Å². The third-order valence-electron chi connectivity index (χ3n) is 1.76. The van der Waals surface area contributed by atoms with Gasteiger partial charge in [-0.3, -0.25) is 0 Å². The van der Waals surface area contributed by atoms with Crippen molar-refractivity contribution in [2.45, 2.75) is 12.8 Å². The fraction of sp³-hybridized carbons (Fsp3) is 0.222. The van der Waals surface area contributed by atoms with Crippen molar-refractivity contribution in [1.82, 2.24) is 4.98 Å². The van der Waals surface area contributed by atoms with Gasteiger partial charge < -0.3 is 5.73 Å². The average Bonchev–Trinajstić information content (AvgIpc) is 2.20. The van der Waals surface area contributed by atoms with Gasteiger partial charge in [-0.05, 0) is 6.07 Å². The van der Waals surface area contributed by atoms with Gasteiger partial charge in [0.15, 0.2) is 0 Å². The molecule has 1 aromatic rings. The van der Waals surface area contributed by atoms with Crippen molar-refractivity contribution in [2.24, 2.45) is 0 Å². The molecule has 0 saturated heterocycles. The molecular weight excluding hydrogens is 202 g/mol. The van der Waals surface area contributed by atoms with E-state index in [0.717, 1.165) is 6.07 Å². The van der Waals surface area contributed by atoms with Crippen LogP contribution in [0.5, 0.6) is 0 Å². The van der Waals surface area contributed by atoms with Crippen LogP contribution in [0.25, 0.3) is 0 Å². The van der Waals surface area contributed by atoms with Gasteiger partial charge in [0.05, 0.1) is 12.5 Å². The number of nitrogen functional groups attached to an aromatic ring is 1. The van der Waals surface area contributed by atoms with E-state index in [2.05, 4.69) is 4.98 Å². The number of aromatic nitrogens is 1. The van der Waals surface area contributed by atoms with Gasteiger partial charge in [0, 0.05) is 11.3 Å². The number of nitrogens with two attached hydrogens (primary N) is 1. The Kier molecular flexibility index (Phi) is 3.14. The van der Waals surface area contributed by atoms with Crippen molar-refractivity contribution >= 4 is 5.69 Å². The van der Waals surface area contributed by atoms with E-state index in [1.807, 2.05) is 0 Å². The third kappa shape index (κ3) is 2.18. The number of alkyl halides is 2. The maximum absolute atomic E-state index is 12.3. The topological polar surface area (TPSA) is 86.5 Å². The lowest BCUT2D eigenvalue weighted by molar-refractivity contribution is 0.146. The fourth-order valence-electron chi connectivity index (χ4n) is 1.08. The zero-order valence-electron chi connectivity index (χ0n) is 7.54. The molecule has 0 unspecified atom stereocenters. The molecule has 1 rings (SSSR count). The van der Waals surface area contributed by atoms with Crippen molar-refractivity contribution in [1.29, 1.82) is 10.5 Å². The third-order valence-corrected chi connectivity index (χ3v) is 1.76. The van der Waals surface area contributed by atoms with Crippen LogP contribution in [0, 0.1) is 22.7 Å². The Morgan fingerprint density at radius 2 is 2.13 bits per heavy atom. The lowest BCUT2D eigenvalue weighted by Crippen LogP contribution is -2.03. The first-order valence-corrected chi connectivity index (χ1v) is 3.94. The van der Waals surface area contributed by atoms with E-state index < -0.39 is 12.1 Å². The van der Waals surface area contributed by atoms with Crippen LogP contribution in [0.1, 0.15) is 23.4 Å². The molecule has 0 saturated carbocycles. The summed E-state index contributed by atoms with van der Waals surface area (Å²) in [5.41, 5.74) is 4.88. The summed E-state index contributed by atoms with van der Waals surface area (Å²) in [5.74, 6) is 0. The number of hydrogen-bond donors (Lipinski definition) is 1. The molecule has 2 N–H and O–H groups in total. The molecule has 0 amide bonds. The maximum Gasteiger partial charge on any atom is 0.280 e. The monoisotopic (exact) mass is 208 g/mol. The number of anilines is 1. The highest BCUT2D eigenvalue weighted by atomic mass is 19.3. The molecule has 0 aliphatic heterocycles. The summed E-state index contributed by atoms with van der Waals surface area (Å²) in [5, 5.41) is 17.1. The van der Waals surface area contributed by atoms with E-state index in [1.165, 1.54) is 0 Å². The first-order chi connectivity index (χ1) is 7.10. The molecule has 0 spiro atoms. The van der Waals surface area contributed by atoms with Gasteiger partial charge in [-0.15, -0.1) is 0 Å². The van der Waals surface area contributed by atoms with E-state index in [1.54, 1.807) is 12.1 Å². The number of nitrogens with zero attached hydrogens (tertiary/aromatic N) is 3. The minimum atomic E-state index is -2.78. The second kappa shape index (κ2) is 4.34. The summed E-state index contributed by atoms with van der Waals surface area (Å²) in [7, 11) is 0. The average molecular weight is 208 g/mol. The Labute approximate surface area is 84.6 Å². The van der Waals surface area contributed by atoms with Crippen LogP contribution in [0.15, 0.2) is 6.07 Å². The van der Waals surface area contributed by atoms with Gasteiger partial charge in [-0.1, -0.05) is 0 Å². The van der Waals surface area contributed by atoms with Gasteiger partial charge in [0.2, 0.25) is 0 Å². The van der Waals surface area contributed by atoms with Crippen molar-refractivity contribution < 1.29 is 8.78 Å². The predicted molar refractivity (Wildman–Crippen MR) is 47.6 cm³/mol. The summed E-state index contributed by atoms with van der Waals surface area (Å²) < 4.78 is 24.6. The van der Waals surface area contributed by atoms with Crippen molar-refractivity contribution in [3.8, 4) is 12.1 Å². The van der Waals surface area contributed by atoms with Gasteiger partial charge in [-0.25, -0.2) is 13.8 Å². The van der Waals surface area contributed by atoms with Crippen LogP contribution in [-0.4, -0.2) is 4.98 Å². The van der Waals surface area contributed by atoms with Gasteiger partial charge in [0.1, 0.15) is 17.5 Å². The molecule has 0 radical (unpaired) electrons. The van der Waals surface area contributed by atoms with Crippen molar-refractivity contribution in [3.05, 3.63) is 23.0 Å². The standard InChI is InChI=1S/C9H6F2N4/c10-9(11)7-3-6(14)5(1-2-12)8(4-13)15-7/h3,9H,1H2,(H2,14,15). The zero-order chi connectivity index (χ0) is 11.4. The van der Waals surface area contributed by atoms with Crippen molar-refractivity contribution in [3.63, 3.8) is 0 Å². The molecule has 4 nitrogen and oxygen atoms in total. The maximum atomic E-state index is 12.3. The molecule has 0 aromatic carbocycles. The van der Waals surface area contributed by atoms with Crippen LogP contribution in [-0.2, 0) is 6.42 Å². The number of rotatable bonds is 2. The van der Waals surface area contributed by atoms with Crippen LogP contribution in [0.4, 0.5) is 14.5 Å². The molecule has 0 bridgehead atoms. The van der Waals surface area contributed by atoms with Gasteiger partial charge >= 0.3 is 0 Å². The van der Waals surface area contributed by atoms with Gasteiger partial charge in [-0.2, -0.15) is 10.5 Å². The molecular formula is C9H6F2N4. The summed E-state index contributed by atoms with van der Waals surface area (Å²) in [6, 6.07) is 4.41. The van der Waals surface area contributed by atoms with E-state index >= 15 is 0 Å². The molecule has 15 heavy (non-hydrogen) atoms. The van der Waals surface area contributed by atoms with Crippen LogP contribution in [0.2, 0.25) is 0 Å². The predicted octanol–water partition coefficient (Wildman–Crippen LogP) is 1.54. The Morgan fingerprint density at radius 1 is 1.47 bits per heavy atom. The molecule has 0 aliphatic carbocycles. The zero-order valence-corrected chi connectivity index (χ0v) is 7.54. The highest BCUT2D eigenvalue weighted by Crippen LogP contribution is 2.23. The van der Waals surface area contributed by atoms with E-state index in [4.69, 9.17) is 16.3 Å². The molecule has 1 heterocycles. The van der Waals surface area contributed by atoms with Crippen LogP contribution < -0.4 is 5.73 Å². The van der Waals surface area contributed by atoms with E-state index in [9.17, 15) is 8.78 Å². The summed E-state index contributed by atoms with van der Waals surface area (Å²) >= 11 is 0. The number of pyridine rings is 1. The van der Waals surface area contributed by atoms with Crippen LogP contribution >= 0.6 is 0 Å². The minimum Gasteiger partial charge on any atom is -0.398 e.